The summed E-state index contributed by atoms with van der Waals surface area (Å²) < 4.78 is 71.1. The number of fused-ring (bicyclic) bond motifs is 1. The molecule has 1 aliphatic rings. The Bertz CT molecular complexity index is 1680. The van der Waals surface area contributed by atoms with Gasteiger partial charge in [-0.1, -0.05) is 24.3 Å². The number of sulfonamides is 1. The van der Waals surface area contributed by atoms with Gasteiger partial charge in [-0.25, -0.2) is 21.6 Å². The molecule has 1 fully saturated rings. The van der Waals surface area contributed by atoms with Gasteiger partial charge >= 0.3 is 0 Å². The largest absolute Gasteiger partial charge is 0.335 e. The Labute approximate surface area is 221 Å². The molecule has 0 radical (unpaired) electrons. The maximum absolute atomic E-state index is 14.9. The first-order valence-corrected chi connectivity index (χ1v) is 13.3. The Hall–Kier alpha value is -4.45. The van der Waals surface area contributed by atoms with E-state index in [0.717, 1.165) is 30.3 Å². The van der Waals surface area contributed by atoms with E-state index in [0.29, 0.717) is 5.39 Å². The molecule has 200 valence electrons. The molecule has 0 bridgehead atoms. The molecule has 4 aromatic rings. The van der Waals surface area contributed by atoms with Crippen molar-refractivity contribution in [3.63, 3.8) is 0 Å². The lowest BCUT2D eigenvalue weighted by Gasteiger charge is -2.35. The standard InChI is InChI=1S/C27H21F3N4O4S/c28-19-6-2-7-20(29)24(19)27(36)34-14-12-33(13-15-34)26(35)18-9-10-22(21(30)16-18)32-39(37,38)23-8-1-4-17-5-3-11-31-25(17)23/h1-11,16,32H,12-15H2. The van der Waals surface area contributed by atoms with Crippen LogP contribution in [0.2, 0.25) is 0 Å². The molecule has 0 saturated carbocycles. The number of nitrogens with zero attached hydrogens (tertiary/aromatic N) is 3. The van der Waals surface area contributed by atoms with Gasteiger partial charge < -0.3 is 9.80 Å². The Balaban J connectivity index is 1.27. The van der Waals surface area contributed by atoms with Crippen LogP contribution in [0.4, 0.5) is 18.9 Å². The van der Waals surface area contributed by atoms with E-state index >= 15 is 0 Å². The quantitative estimate of drug-likeness (QED) is 0.401. The summed E-state index contributed by atoms with van der Waals surface area (Å²) in [5.41, 5.74) is -0.796. The SMILES string of the molecule is O=C(c1ccc(NS(=O)(=O)c2cccc3cccnc23)c(F)c1)N1CCN(C(=O)c2c(F)cccc2F)CC1. The topological polar surface area (TPSA) is 99.7 Å². The smallest absolute Gasteiger partial charge is 0.264 e. The van der Waals surface area contributed by atoms with Gasteiger partial charge in [0.2, 0.25) is 0 Å². The van der Waals surface area contributed by atoms with Crippen molar-refractivity contribution in [2.24, 2.45) is 0 Å². The van der Waals surface area contributed by atoms with Crippen LogP contribution < -0.4 is 4.72 Å². The molecular formula is C27H21F3N4O4S. The lowest BCUT2D eigenvalue weighted by atomic mass is 10.1. The number of carbonyl (C=O) groups is 2. The molecule has 0 unspecified atom stereocenters. The number of halogens is 3. The zero-order chi connectivity index (χ0) is 27.7. The highest BCUT2D eigenvalue weighted by atomic mass is 32.2. The lowest BCUT2D eigenvalue weighted by molar-refractivity contribution is 0.0529. The monoisotopic (exact) mass is 554 g/mol. The minimum absolute atomic E-state index is 0.0256. The maximum atomic E-state index is 14.9. The van der Waals surface area contributed by atoms with Gasteiger partial charge in [0.25, 0.3) is 21.8 Å². The Morgan fingerprint density at radius 2 is 1.38 bits per heavy atom. The van der Waals surface area contributed by atoms with Crippen molar-refractivity contribution in [2.45, 2.75) is 4.90 Å². The van der Waals surface area contributed by atoms with Crippen LogP contribution in [0.25, 0.3) is 10.9 Å². The Morgan fingerprint density at radius 3 is 2.05 bits per heavy atom. The number of aromatic nitrogens is 1. The molecule has 0 spiro atoms. The molecule has 0 atom stereocenters. The van der Waals surface area contributed by atoms with Gasteiger partial charge in [0.1, 0.15) is 27.9 Å². The van der Waals surface area contributed by atoms with E-state index in [9.17, 15) is 31.2 Å². The van der Waals surface area contributed by atoms with E-state index < -0.39 is 44.9 Å². The fraction of sp³-hybridized carbons (Fsp3) is 0.148. The van der Waals surface area contributed by atoms with E-state index in [4.69, 9.17) is 0 Å². The summed E-state index contributed by atoms with van der Waals surface area (Å²) in [5, 5.41) is 0.600. The molecule has 1 N–H and O–H groups in total. The van der Waals surface area contributed by atoms with Crippen LogP contribution in [0.15, 0.2) is 77.8 Å². The summed E-state index contributed by atoms with van der Waals surface area (Å²) in [6.45, 7) is 0.172. The summed E-state index contributed by atoms with van der Waals surface area (Å²) in [5.74, 6) is -4.25. The summed E-state index contributed by atoms with van der Waals surface area (Å²) in [6, 6.07) is 14.5. The first-order chi connectivity index (χ1) is 18.7. The fourth-order valence-corrected chi connectivity index (χ4v) is 5.63. The number of hydrogen-bond acceptors (Lipinski definition) is 5. The molecule has 1 aliphatic heterocycles. The number of amides is 2. The third-order valence-corrected chi connectivity index (χ3v) is 7.77. The van der Waals surface area contributed by atoms with Crippen molar-refractivity contribution in [1.82, 2.24) is 14.8 Å². The number of carbonyl (C=O) groups excluding carboxylic acids is 2. The van der Waals surface area contributed by atoms with Crippen LogP contribution in [-0.2, 0) is 10.0 Å². The molecule has 2 amide bonds. The van der Waals surface area contributed by atoms with Crippen LogP contribution in [0.1, 0.15) is 20.7 Å². The minimum atomic E-state index is -4.20. The second kappa shape index (κ2) is 10.4. The zero-order valence-corrected chi connectivity index (χ0v) is 21.1. The summed E-state index contributed by atoms with van der Waals surface area (Å²) >= 11 is 0. The van der Waals surface area contributed by atoms with E-state index in [1.165, 1.54) is 28.1 Å². The van der Waals surface area contributed by atoms with Crippen LogP contribution in [0, 0.1) is 17.5 Å². The summed E-state index contributed by atoms with van der Waals surface area (Å²) in [6.07, 6.45) is 1.45. The van der Waals surface area contributed by atoms with Crippen LogP contribution in [0.5, 0.6) is 0 Å². The van der Waals surface area contributed by atoms with E-state index in [-0.39, 0.29) is 47.8 Å². The molecule has 1 saturated heterocycles. The highest BCUT2D eigenvalue weighted by Crippen LogP contribution is 2.25. The molecule has 8 nitrogen and oxygen atoms in total. The van der Waals surface area contributed by atoms with Crippen LogP contribution >= 0.6 is 0 Å². The summed E-state index contributed by atoms with van der Waals surface area (Å²) in [7, 11) is -4.20. The van der Waals surface area contributed by atoms with Gasteiger partial charge in [-0.2, -0.15) is 0 Å². The molecule has 12 heteroatoms. The van der Waals surface area contributed by atoms with Crippen LogP contribution in [-0.4, -0.2) is 61.2 Å². The first-order valence-electron chi connectivity index (χ1n) is 11.8. The third-order valence-electron chi connectivity index (χ3n) is 6.38. The van der Waals surface area contributed by atoms with Gasteiger partial charge in [0.05, 0.1) is 11.2 Å². The molecule has 0 aliphatic carbocycles. The van der Waals surface area contributed by atoms with E-state index in [2.05, 4.69) is 9.71 Å². The fourth-order valence-electron chi connectivity index (χ4n) is 4.38. The van der Waals surface area contributed by atoms with Crippen LogP contribution in [0.3, 0.4) is 0 Å². The average molecular weight is 555 g/mol. The number of pyridine rings is 1. The van der Waals surface area contributed by atoms with Gasteiger partial charge in [0, 0.05) is 43.3 Å². The first kappa shape index (κ1) is 26.2. The molecular weight excluding hydrogens is 533 g/mol. The molecule has 1 aromatic heterocycles. The highest BCUT2D eigenvalue weighted by Gasteiger charge is 2.29. The normalized spacial score (nSPS) is 13.9. The van der Waals surface area contributed by atoms with Crippen molar-refractivity contribution in [3.8, 4) is 0 Å². The van der Waals surface area contributed by atoms with Crippen molar-refractivity contribution in [1.29, 1.82) is 0 Å². The number of nitrogens with one attached hydrogen (secondary N) is 1. The predicted octanol–water partition coefficient (Wildman–Crippen LogP) is 4.05. The predicted molar refractivity (Wildman–Crippen MR) is 137 cm³/mol. The van der Waals surface area contributed by atoms with E-state index in [1.807, 2.05) is 0 Å². The maximum Gasteiger partial charge on any atom is 0.264 e. The number of benzene rings is 3. The van der Waals surface area contributed by atoms with Crippen molar-refractivity contribution < 1.29 is 31.2 Å². The highest BCUT2D eigenvalue weighted by molar-refractivity contribution is 7.93. The molecule has 3 aromatic carbocycles. The van der Waals surface area contributed by atoms with Gasteiger partial charge in [-0.3, -0.25) is 19.3 Å². The second-order valence-electron chi connectivity index (χ2n) is 8.81. The average Bonchev–Trinajstić information content (AvgIpc) is 2.93. The molecule has 5 rings (SSSR count). The summed E-state index contributed by atoms with van der Waals surface area (Å²) in [4.78, 5) is 32.2. The molecule has 2 heterocycles. The second-order valence-corrected chi connectivity index (χ2v) is 10.5. The number of piperazine rings is 1. The van der Waals surface area contributed by atoms with Gasteiger partial charge in [-0.05, 0) is 42.5 Å². The Kier molecular flexibility index (Phi) is 6.96. The number of hydrogen-bond donors (Lipinski definition) is 1. The third kappa shape index (κ3) is 5.15. The van der Waals surface area contributed by atoms with Gasteiger partial charge in [0.15, 0.2) is 0 Å². The number of anilines is 1. The lowest BCUT2D eigenvalue weighted by Crippen LogP contribution is -2.50. The molecule has 39 heavy (non-hydrogen) atoms. The van der Waals surface area contributed by atoms with Crippen molar-refractivity contribution >= 4 is 38.4 Å². The van der Waals surface area contributed by atoms with Crippen molar-refractivity contribution in [2.75, 3.05) is 30.9 Å². The van der Waals surface area contributed by atoms with E-state index in [1.54, 1.807) is 24.3 Å². The Morgan fingerprint density at radius 1 is 0.769 bits per heavy atom. The number of rotatable bonds is 5. The minimum Gasteiger partial charge on any atom is -0.335 e. The van der Waals surface area contributed by atoms with Gasteiger partial charge in [-0.15, -0.1) is 0 Å². The zero-order valence-electron chi connectivity index (χ0n) is 20.3. The van der Waals surface area contributed by atoms with Crippen molar-refractivity contribution in [3.05, 3.63) is 102 Å². The number of para-hydroxylation sites is 1.